The number of imide groups is 1. The predicted molar refractivity (Wildman–Crippen MR) is 124 cm³/mol. The predicted octanol–water partition coefficient (Wildman–Crippen LogP) is 2.44. The molecule has 34 heavy (non-hydrogen) atoms. The maximum Gasteiger partial charge on any atom is 0.280 e. The number of nitrogens with one attached hydrogen (secondary N) is 1. The van der Waals surface area contributed by atoms with Crippen molar-refractivity contribution in [3.8, 4) is 17.1 Å². The molecule has 3 aromatic carbocycles. The largest absolute Gasteiger partial charge is 0.497 e. The third-order valence-electron chi connectivity index (χ3n) is 5.52. The molecular formula is C25H18N4O5. The van der Waals surface area contributed by atoms with Crippen LogP contribution in [-0.2, 0) is 4.79 Å². The summed E-state index contributed by atoms with van der Waals surface area (Å²) in [6, 6.07) is 20.0. The Bertz CT molecular complexity index is 1510. The van der Waals surface area contributed by atoms with Gasteiger partial charge in [0.2, 0.25) is 0 Å². The molecule has 0 bridgehead atoms. The van der Waals surface area contributed by atoms with Gasteiger partial charge in [-0.2, -0.15) is 4.68 Å². The lowest BCUT2D eigenvalue weighted by Crippen LogP contribution is -2.42. The van der Waals surface area contributed by atoms with Gasteiger partial charge in [-0.05, 0) is 36.4 Å². The molecule has 0 radical (unpaired) electrons. The molecule has 0 saturated carbocycles. The molecule has 1 aromatic heterocycles. The molecular weight excluding hydrogens is 436 g/mol. The fraction of sp³-hybridized carbons (Fsp3) is 0.0800. The van der Waals surface area contributed by atoms with E-state index < -0.39 is 29.8 Å². The van der Waals surface area contributed by atoms with Crippen LogP contribution < -0.4 is 15.7 Å². The highest BCUT2D eigenvalue weighted by Crippen LogP contribution is 2.24. The van der Waals surface area contributed by atoms with Gasteiger partial charge < -0.3 is 4.74 Å². The number of amides is 3. The van der Waals surface area contributed by atoms with E-state index in [0.29, 0.717) is 22.2 Å². The average molecular weight is 454 g/mol. The number of aromatic nitrogens is 2. The molecule has 5 rings (SSSR count). The Morgan fingerprint density at radius 1 is 0.912 bits per heavy atom. The van der Waals surface area contributed by atoms with E-state index in [1.165, 1.54) is 19.2 Å². The Morgan fingerprint density at radius 2 is 1.59 bits per heavy atom. The quantitative estimate of drug-likeness (QED) is 0.464. The van der Waals surface area contributed by atoms with E-state index in [1.807, 2.05) is 0 Å². The molecule has 0 atom stereocenters. The van der Waals surface area contributed by atoms with Gasteiger partial charge in [-0.3, -0.25) is 29.5 Å². The molecule has 9 heteroatoms. The summed E-state index contributed by atoms with van der Waals surface area (Å²) in [6.45, 7) is -0.552. The Balaban J connectivity index is 1.53. The molecule has 2 heterocycles. The number of nitrogens with zero attached hydrogens (tertiary/aromatic N) is 3. The number of hydrogen-bond acceptors (Lipinski definition) is 6. The van der Waals surface area contributed by atoms with Crippen LogP contribution in [-0.4, -0.2) is 45.9 Å². The first-order valence-electron chi connectivity index (χ1n) is 10.4. The fourth-order valence-electron chi connectivity index (χ4n) is 3.88. The van der Waals surface area contributed by atoms with Crippen molar-refractivity contribution in [3.05, 3.63) is 94.3 Å². The van der Waals surface area contributed by atoms with E-state index in [2.05, 4.69) is 10.4 Å². The maximum absolute atomic E-state index is 13.3. The zero-order valence-corrected chi connectivity index (χ0v) is 18.0. The smallest absolute Gasteiger partial charge is 0.280 e. The number of rotatable bonds is 5. The summed E-state index contributed by atoms with van der Waals surface area (Å²) in [5.41, 5.74) is 3.48. The van der Waals surface area contributed by atoms with Crippen molar-refractivity contribution in [1.29, 1.82) is 0 Å². The Morgan fingerprint density at radius 3 is 2.29 bits per heavy atom. The minimum Gasteiger partial charge on any atom is -0.497 e. The summed E-state index contributed by atoms with van der Waals surface area (Å²) >= 11 is 0. The summed E-state index contributed by atoms with van der Waals surface area (Å²) in [7, 11) is 1.52. The minimum atomic E-state index is -0.724. The van der Waals surface area contributed by atoms with Crippen molar-refractivity contribution in [2.45, 2.75) is 0 Å². The van der Waals surface area contributed by atoms with Gasteiger partial charge in [-0.25, -0.2) is 4.98 Å². The van der Waals surface area contributed by atoms with Gasteiger partial charge in [0.05, 0.1) is 29.1 Å². The third kappa shape index (κ3) is 3.49. The van der Waals surface area contributed by atoms with Crippen LogP contribution in [0.3, 0.4) is 0 Å². The van der Waals surface area contributed by atoms with E-state index >= 15 is 0 Å². The fourth-order valence-corrected chi connectivity index (χ4v) is 3.88. The van der Waals surface area contributed by atoms with Gasteiger partial charge >= 0.3 is 0 Å². The van der Waals surface area contributed by atoms with Gasteiger partial charge in [-0.15, -0.1) is 0 Å². The van der Waals surface area contributed by atoms with E-state index in [4.69, 9.17) is 4.74 Å². The SMILES string of the molecule is COc1cccc(-c2nc3ccccc3c(=O)n2NC(=O)CN2C(=O)c3ccccc3C2=O)c1. The van der Waals surface area contributed by atoms with Crippen LogP contribution in [0.25, 0.3) is 22.3 Å². The standard InChI is InChI=1S/C25H18N4O5/c1-34-16-8-6-7-15(13-16)22-26-20-12-5-4-11-19(20)25(33)29(22)27-21(30)14-28-23(31)17-9-2-3-10-18(17)24(28)32/h2-13H,14H2,1H3,(H,27,30). The van der Waals surface area contributed by atoms with E-state index in [0.717, 1.165) is 9.58 Å². The second-order valence-corrected chi connectivity index (χ2v) is 7.60. The zero-order chi connectivity index (χ0) is 23.8. The lowest BCUT2D eigenvalue weighted by molar-refractivity contribution is -0.117. The number of hydrogen-bond donors (Lipinski definition) is 1. The average Bonchev–Trinajstić information content (AvgIpc) is 3.10. The number of carbonyl (C=O) groups excluding carboxylic acids is 3. The topological polar surface area (TPSA) is 111 Å². The van der Waals surface area contributed by atoms with Gasteiger partial charge in [-0.1, -0.05) is 36.4 Å². The first-order chi connectivity index (χ1) is 16.5. The van der Waals surface area contributed by atoms with E-state index in [-0.39, 0.29) is 17.0 Å². The Labute approximate surface area is 193 Å². The van der Waals surface area contributed by atoms with Gasteiger partial charge in [0, 0.05) is 5.56 Å². The van der Waals surface area contributed by atoms with Crippen LogP contribution in [0.1, 0.15) is 20.7 Å². The van der Waals surface area contributed by atoms with Crippen LogP contribution in [0.5, 0.6) is 5.75 Å². The van der Waals surface area contributed by atoms with Gasteiger partial charge in [0.15, 0.2) is 5.82 Å². The highest BCUT2D eigenvalue weighted by atomic mass is 16.5. The summed E-state index contributed by atoms with van der Waals surface area (Å²) in [5, 5.41) is 0.301. The first kappa shape index (κ1) is 21.1. The lowest BCUT2D eigenvalue weighted by Gasteiger charge is -2.17. The van der Waals surface area contributed by atoms with Crippen LogP contribution in [0.2, 0.25) is 0 Å². The van der Waals surface area contributed by atoms with Crippen molar-refractivity contribution >= 4 is 28.6 Å². The number of ether oxygens (including phenoxy) is 1. The summed E-state index contributed by atoms with van der Waals surface area (Å²) < 4.78 is 6.30. The summed E-state index contributed by atoms with van der Waals surface area (Å²) in [4.78, 5) is 56.9. The molecule has 0 aliphatic carbocycles. The number of methoxy groups -OCH3 is 1. The molecule has 4 aromatic rings. The van der Waals surface area contributed by atoms with Crippen molar-refractivity contribution in [1.82, 2.24) is 14.6 Å². The van der Waals surface area contributed by atoms with Crippen molar-refractivity contribution in [3.63, 3.8) is 0 Å². The van der Waals surface area contributed by atoms with Gasteiger partial charge in [0.1, 0.15) is 12.3 Å². The molecule has 3 amide bonds. The number of benzene rings is 3. The lowest BCUT2D eigenvalue weighted by atomic mass is 10.1. The van der Waals surface area contributed by atoms with Gasteiger partial charge in [0.25, 0.3) is 23.3 Å². The maximum atomic E-state index is 13.3. The van der Waals surface area contributed by atoms with Crippen molar-refractivity contribution in [2.24, 2.45) is 0 Å². The molecule has 1 aliphatic rings. The highest BCUT2D eigenvalue weighted by Gasteiger charge is 2.36. The van der Waals surface area contributed by atoms with E-state index in [9.17, 15) is 19.2 Å². The molecule has 1 aliphatic heterocycles. The second-order valence-electron chi connectivity index (χ2n) is 7.60. The van der Waals surface area contributed by atoms with E-state index in [1.54, 1.807) is 60.7 Å². The Hall–Kier alpha value is -4.79. The zero-order valence-electron chi connectivity index (χ0n) is 18.0. The van der Waals surface area contributed by atoms with Crippen LogP contribution >= 0.6 is 0 Å². The third-order valence-corrected chi connectivity index (χ3v) is 5.52. The normalized spacial score (nSPS) is 12.7. The highest BCUT2D eigenvalue weighted by molar-refractivity contribution is 6.22. The second kappa shape index (κ2) is 8.28. The number of fused-ring (bicyclic) bond motifs is 2. The minimum absolute atomic E-state index is 0.179. The monoisotopic (exact) mass is 454 g/mol. The first-order valence-corrected chi connectivity index (χ1v) is 10.4. The number of carbonyl (C=O) groups is 3. The molecule has 9 nitrogen and oxygen atoms in total. The van der Waals surface area contributed by atoms with Crippen LogP contribution in [0.15, 0.2) is 77.6 Å². The molecule has 1 N–H and O–H groups in total. The molecule has 0 fully saturated rings. The molecule has 168 valence electrons. The molecule has 0 unspecified atom stereocenters. The molecule has 0 spiro atoms. The van der Waals surface area contributed by atoms with Crippen LogP contribution in [0.4, 0.5) is 0 Å². The summed E-state index contributed by atoms with van der Waals surface area (Å²) in [6.07, 6.45) is 0. The van der Waals surface area contributed by atoms with Crippen LogP contribution in [0, 0.1) is 0 Å². The van der Waals surface area contributed by atoms with Crippen molar-refractivity contribution < 1.29 is 19.1 Å². The summed E-state index contributed by atoms with van der Waals surface area (Å²) in [5.74, 6) is -1.12. The Kier molecular flexibility index (Phi) is 5.14. The molecule has 0 saturated heterocycles. The van der Waals surface area contributed by atoms with Crippen molar-refractivity contribution in [2.75, 3.05) is 19.1 Å². The number of para-hydroxylation sites is 1.